The molecule has 1 aliphatic heterocycles. The van der Waals surface area contributed by atoms with Crippen LogP contribution in [0.4, 0.5) is 5.69 Å². The zero-order chi connectivity index (χ0) is 13.8. The Labute approximate surface area is 121 Å². The van der Waals surface area contributed by atoms with Crippen molar-refractivity contribution in [2.24, 2.45) is 5.73 Å². The summed E-state index contributed by atoms with van der Waals surface area (Å²) in [6.07, 6.45) is 2.35. The maximum absolute atomic E-state index is 6.29. The van der Waals surface area contributed by atoms with Crippen molar-refractivity contribution in [1.29, 1.82) is 0 Å². The molecule has 1 heterocycles. The summed E-state index contributed by atoms with van der Waals surface area (Å²) >= 11 is 6.29. The van der Waals surface area contributed by atoms with E-state index in [0.717, 1.165) is 30.1 Å². The second kappa shape index (κ2) is 6.60. The molecule has 1 unspecified atom stereocenters. The second-order valence-corrected chi connectivity index (χ2v) is 5.76. The normalized spacial score (nSPS) is 21.5. The van der Waals surface area contributed by atoms with Crippen molar-refractivity contribution in [1.82, 2.24) is 4.90 Å². The first-order valence-electron chi connectivity index (χ1n) is 7.09. The Morgan fingerprint density at radius 1 is 1.37 bits per heavy atom. The van der Waals surface area contributed by atoms with Gasteiger partial charge in [0.05, 0.1) is 0 Å². The second-order valence-electron chi connectivity index (χ2n) is 5.35. The molecular formula is C15H24ClN3. The molecule has 0 radical (unpaired) electrons. The minimum atomic E-state index is 0.499. The summed E-state index contributed by atoms with van der Waals surface area (Å²) in [6.45, 7) is 6.14. The van der Waals surface area contributed by atoms with E-state index in [1.165, 1.54) is 18.7 Å². The van der Waals surface area contributed by atoms with E-state index >= 15 is 0 Å². The fourth-order valence-corrected chi connectivity index (χ4v) is 3.06. The van der Waals surface area contributed by atoms with Gasteiger partial charge in [0.25, 0.3) is 0 Å². The molecule has 106 valence electrons. The first kappa shape index (κ1) is 14.6. The summed E-state index contributed by atoms with van der Waals surface area (Å²) in [4.78, 5) is 4.92. The lowest BCUT2D eigenvalue weighted by atomic mass is 10.1. The van der Waals surface area contributed by atoms with Crippen LogP contribution in [0.25, 0.3) is 0 Å². The first-order valence-corrected chi connectivity index (χ1v) is 7.47. The van der Waals surface area contributed by atoms with Crippen LogP contribution >= 0.6 is 11.6 Å². The Bertz CT molecular complexity index is 422. The topological polar surface area (TPSA) is 32.5 Å². The van der Waals surface area contributed by atoms with Gasteiger partial charge in [-0.15, -0.1) is 0 Å². The van der Waals surface area contributed by atoms with Crippen molar-refractivity contribution in [3.05, 3.63) is 28.8 Å². The van der Waals surface area contributed by atoms with Crippen LogP contribution in [0.3, 0.4) is 0 Å². The minimum absolute atomic E-state index is 0.499. The van der Waals surface area contributed by atoms with Crippen molar-refractivity contribution in [2.75, 3.05) is 31.6 Å². The number of likely N-dealkylation sites (N-methyl/N-ethyl adjacent to an activating group) is 1. The third-order valence-corrected chi connectivity index (χ3v) is 4.31. The number of nitrogens with zero attached hydrogens (tertiary/aromatic N) is 2. The molecule has 1 aromatic rings. The number of nitrogens with two attached hydrogens (primary N) is 1. The Balaban J connectivity index is 2.25. The highest BCUT2D eigenvalue weighted by atomic mass is 35.5. The number of anilines is 1. The molecule has 3 nitrogen and oxygen atoms in total. The van der Waals surface area contributed by atoms with Crippen molar-refractivity contribution in [3.63, 3.8) is 0 Å². The number of halogens is 1. The number of hydrogen-bond donors (Lipinski definition) is 1. The zero-order valence-electron chi connectivity index (χ0n) is 11.9. The summed E-state index contributed by atoms with van der Waals surface area (Å²) in [7, 11) is 2.21. The van der Waals surface area contributed by atoms with Crippen molar-refractivity contribution in [2.45, 2.75) is 32.4 Å². The van der Waals surface area contributed by atoms with E-state index in [9.17, 15) is 0 Å². The third-order valence-electron chi connectivity index (χ3n) is 3.96. The lowest BCUT2D eigenvalue weighted by molar-refractivity contribution is 0.328. The standard InChI is InChI=1S/C15H24ClN3/c1-3-13-11-18(2)7-4-8-19(13)14-6-5-12(10-17)15(16)9-14/h5-6,9,13H,3-4,7-8,10-11,17H2,1-2H3. The van der Waals surface area contributed by atoms with E-state index in [2.05, 4.69) is 42.0 Å². The number of benzene rings is 1. The smallest absolute Gasteiger partial charge is 0.0471 e. The van der Waals surface area contributed by atoms with Crippen LogP contribution in [0.2, 0.25) is 5.02 Å². The molecule has 1 saturated heterocycles. The molecule has 1 aromatic carbocycles. The molecule has 2 N–H and O–H groups in total. The van der Waals surface area contributed by atoms with E-state index < -0.39 is 0 Å². The summed E-state index contributed by atoms with van der Waals surface area (Å²) in [6, 6.07) is 6.84. The molecule has 0 aromatic heterocycles. The van der Waals surface area contributed by atoms with Gasteiger partial charge in [0, 0.05) is 36.4 Å². The highest BCUT2D eigenvalue weighted by Crippen LogP contribution is 2.27. The summed E-state index contributed by atoms with van der Waals surface area (Å²) in [5.41, 5.74) is 7.92. The van der Waals surface area contributed by atoms with Crippen molar-refractivity contribution < 1.29 is 0 Å². The first-order chi connectivity index (χ1) is 9.15. The van der Waals surface area contributed by atoms with E-state index in [1.807, 2.05) is 0 Å². The van der Waals surface area contributed by atoms with Crippen LogP contribution in [0, 0.1) is 0 Å². The highest BCUT2D eigenvalue weighted by molar-refractivity contribution is 6.31. The van der Waals surface area contributed by atoms with E-state index in [-0.39, 0.29) is 0 Å². The molecule has 2 rings (SSSR count). The van der Waals surface area contributed by atoms with E-state index in [1.54, 1.807) is 0 Å². The average molecular weight is 282 g/mol. The molecule has 1 atom stereocenters. The van der Waals surface area contributed by atoms with Crippen LogP contribution in [-0.4, -0.2) is 37.6 Å². The molecule has 0 spiro atoms. The molecular weight excluding hydrogens is 258 g/mol. The summed E-state index contributed by atoms with van der Waals surface area (Å²) < 4.78 is 0. The van der Waals surface area contributed by atoms with Crippen LogP contribution in [0.15, 0.2) is 18.2 Å². The fraction of sp³-hybridized carbons (Fsp3) is 0.600. The van der Waals surface area contributed by atoms with Crippen LogP contribution in [0.5, 0.6) is 0 Å². The van der Waals surface area contributed by atoms with Gasteiger partial charge in [-0.2, -0.15) is 0 Å². The lowest BCUT2D eigenvalue weighted by Crippen LogP contribution is -2.39. The van der Waals surface area contributed by atoms with Crippen molar-refractivity contribution in [3.8, 4) is 0 Å². The Kier molecular flexibility index (Phi) is 5.08. The van der Waals surface area contributed by atoms with Crippen LogP contribution in [-0.2, 0) is 6.54 Å². The third kappa shape index (κ3) is 3.41. The highest BCUT2D eigenvalue weighted by Gasteiger charge is 2.22. The van der Waals surface area contributed by atoms with Gasteiger partial charge in [-0.1, -0.05) is 24.6 Å². The monoisotopic (exact) mass is 281 g/mol. The van der Waals surface area contributed by atoms with Gasteiger partial charge >= 0.3 is 0 Å². The molecule has 0 saturated carbocycles. The molecule has 4 heteroatoms. The Hall–Kier alpha value is -0.770. The Morgan fingerprint density at radius 3 is 2.79 bits per heavy atom. The van der Waals surface area contributed by atoms with Gasteiger partial charge in [0.2, 0.25) is 0 Å². The number of rotatable bonds is 3. The molecule has 0 amide bonds. The van der Waals surface area contributed by atoms with E-state index in [4.69, 9.17) is 17.3 Å². The zero-order valence-corrected chi connectivity index (χ0v) is 12.7. The fourth-order valence-electron chi connectivity index (χ4n) is 2.81. The largest absolute Gasteiger partial charge is 0.367 e. The van der Waals surface area contributed by atoms with Crippen LogP contribution < -0.4 is 10.6 Å². The molecule has 0 aliphatic carbocycles. The Morgan fingerprint density at radius 2 is 2.16 bits per heavy atom. The molecule has 1 fully saturated rings. The predicted octanol–water partition coefficient (Wildman–Crippen LogP) is 2.72. The minimum Gasteiger partial charge on any atom is -0.367 e. The lowest BCUT2D eigenvalue weighted by Gasteiger charge is -2.32. The maximum atomic E-state index is 6.29. The predicted molar refractivity (Wildman–Crippen MR) is 82.9 cm³/mol. The average Bonchev–Trinajstić information content (AvgIpc) is 2.60. The summed E-state index contributed by atoms with van der Waals surface area (Å²) in [5, 5.41) is 0.785. The number of hydrogen-bond acceptors (Lipinski definition) is 3. The maximum Gasteiger partial charge on any atom is 0.0471 e. The quantitative estimate of drug-likeness (QED) is 0.925. The van der Waals surface area contributed by atoms with Crippen molar-refractivity contribution >= 4 is 17.3 Å². The van der Waals surface area contributed by atoms with Gasteiger partial charge in [-0.05, 0) is 44.1 Å². The van der Waals surface area contributed by atoms with Gasteiger partial charge in [-0.25, -0.2) is 0 Å². The SMILES string of the molecule is CCC1CN(C)CCCN1c1ccc(CN)c(Cl)c1. The van der Waals surface area contributed by atoms with Gasteiger partial charge in [0.1, 0.15) is 0 Å². The van der Waals surface area contributed by atoms with Gasteiger partial charge in [-0.3, -0.25) is 0 Å². The summed E-state index contributed by atoms with van der Waals surface area (Å²) in [5.74, 6) is 0. The molecule has 19 heavy (non-hydrogen) atoms. The van der Waals surface area contributed by atoms with E-state index in [0.29, 0.717) is 12.6 Å². The van der Waals surface area contributed by atoms with Gasteiger partial charge in [0.15, 0.2) is 0 Å². The molecule has 1 aliphatic rings. The molecule has 0 bridgehead atoms. The van der Waals surface area contributed by atoms with Gasteiger partial charge < -0.3 is 15.5 Å². The van der Waals surface area contributed by atoms with Crippen LogP contribution in [0.1, 0.15) is 25.3 Å².